The number of carbonyl (C=O) groups is 1. The highest BCUT2D eigenvalue weighted by Crippen LogP contribution is 2.24. The molecule has 21 heavy (non-hydrogen) atoms. The van der Waals surface area contributed by atoms with E-state index in [1.54, 1.807) is 12.1 Å². The number of fused-ring (bicyclic) bond motifs is 1. The van der Waals surface area contributed by atoms with Crippen LogP contribution in [0.4, 0.5) is 0 Å². The van der Waals surface area contributed by atoms with E-state index in [-0.39, 0.29) is 5.56 Å². The molecule has 0 radical (unpaired) electrons. The maximum absolute atomic E-state index is 11.1. The summed E-state index contributed by atoms with van der Waals surface area (Å²) >= 11 is 0. The lowest BCUT2D eigenvalue weighted by Crippen LogP contribution is -2.18. The highest BCUT2D eigenvalue weighted by molar-refractivity contribution is 5.92. The number of benzene rings is 1. The van der Waals surface area contributed by atoms with Crippen LogP contribution in [0.2, 0.25) is 0 Å². The van der Waals surface area contributed by atoms with E-state index >= 15 is 0 Å². The standard InChI is InChI=1S/C16H23N3O2/c1-5-15-17-13-10-12(16(20)21)6-7-14(13)19(15)11(2)8-9-18(3)4/h6-7,10-11H,5,8-9H2,1-4H3,(H,20,21). The summed E-state index contributed by atoms with van der Waals surface area (Å²) in [6.07, 6.45) is 1.87. The summed E-state index contributed by atoms with van der Waals surface area (Å²) in [6, 6.07) is 5.52. The van der Waals surface area contributed by atoms with Crippen molar-refractivity contribution in [2.75, 3.05) is 20.6 Å². The highest BCUT2D eigenvalue weighted by Gasteiger charge is 2.16. The first-order valence-electron chi connectivity index (χ1n) is 7.33. The fourth-order valence-electron chi connectivity index (χ4n) is 2.60. The Balaban J connectivity index is 2.43. The van der Waals surface area contributed by atoms with E-state index in [1.165, 1.54) is 0 Å². The van der Waals surface area contributed by atoms with Crippen LogP contribution in [-0.4, -0.2) is 46.2 Å². The fourth-order valence-corrected chi connectivity index (χ4v) is 2.60. The quantitative estimate of drug-likeness (QED) is 0.888. The van der Waals surface area contributed by atoms with E-state index in [2.05, 4.69) is 42.4 Å². The molecule has 2 aromatic rings. The van der Waals surface area contributed by atoms with Crippen molar-refractivity contribution >= 4 is 17.0 Å². The SMILES string of the molecule is CCc1nc2cc(C(=O)O)ccc2n1C(C)CCN(C)C. The lowest BCUT2D eigenvalue weighted by atomic mass is 10.1. The van der Waals surface area contributed by atoms with Crippen molar-refractivity contribution in [3.63, 3.8) is 0 Å². The third kappa shape index (κ3) is 3.24. The van der Waals surface area contributed by atoms with Gasteiger partial charge < -0.3 is 14.6 Å². The Morgan fingerprint density at radius 1 is 1.43 bits per heavy atom. The Bertz CT molecular complexity index is 646. The summed E-state index contributed by atoms with van der Waals surface area (Å²) in [5.41, 5.74) is 2.07. The zero-order valence-corrected chi connectivity index (χ0v) is 13.1. The van der Waals surface area contributed by atoms with Gasteiger partial charge in [0.25, 0.3) is 0 Å². The number of imidazole rings is 1. The van der Waals surface area contributed by atoms with E-state index < -0.39 is 5.97 Å². The number of aromatic nitrogens is 2. The lowest BCUT2D eigenvalue weighted by Gasteiger charge is -2.19. The molecule has 0 aliphatic heterocycles. The molecule has 0 aliphatic rings. The summed E-state index contributed by atoms with van der Waals surface area (Å²) in [6.45, 7) is 5.28. The molecule has 2 rings (SSSR count). The smallest absolute Gasteiger partial charge is 0.335 e. The van der Waals surface area contributed by atoms with E-state index in [0.29, 0.717) is 6.04 Å². The monoisotopic (exact) mass is 289 g/mol. The predicted molar refractivity (Wildman–Crippen MR) is 84.0 cm³/mol. The van der Waals surface area contributed by atoms with Gasteiger partial charge in [-0.3, -0.25) is 0 Å². The predicted octanol–water partition coefficient (Wildman–Crippen LogP) is 2.81. The first-order chi connectivity index (χ1) is 9.93. The van der Waals surface area contributed by atoms with Gasteiger partial charge in [0, 0.05) is 12.5 Å². The topological polar surface area (TPSA) is 58.4 Å². The Hall–Kier alpha value is -1.88. The molecule has 0 amide bonds. The molecule has 0 fully saturated rings. The van der Waals surface area contributed by atoms with Crippen LogP contribution in [0.5, 0.6) is 0 Å². The van der Waals surface area contributed by atoms with Crippen LogP contribution in [0.15, 0.2) is 18.2 Å². The largest absolute Gasteiger partial charge is 0.478 e. The summed E-state index contributed by atoms with van der Waals surface area (Å²) in [5.74, 6) is 0.101. The molecule has 5 nitrogen and oxygen atoms in total. The highest BCUT2D eigenvalue weighted by atomic mass is 16.4. The minimum absolute atomic E-state index is 0.288. The summed E-state index contributed by atoms with van der Waals surface area (Å²) in [5, 5.41) is 9.09. The second kappa shape index (κ2) is 6.26. The van der Waals surface area contributed by atoms with Crippen molar-refractivity contribution in [2.24, 2.45) is 0 Å². The molecule has 1 N–H and O–H groups in total. The Kier molecular flexibility index (Phi) is 4.63. The summed E-state index contributed by atoms with van der Waals surface area (Å²) < 4.78 is 2.24. The molecule has 0 saturated heterocycles. The molecule has 0 aliphatic carbocycles. The van der Waals surface area contributed by atoms with Gasteiger partial charge in [0.15, 0.2) is 0 Å². The van der Waals surface area contributed by atoms with Gasteiger partial charge in [0.05, 0.1) is 16.6 Å². The van der Waals surface area contributed by atoms with Crippen LogP contribution < -0.4 is 0 Å². The van der Waals surface area contributed by atoms with E-state index in [1.807, 2.05) is 6.07 Å². The Morgan fingerprint density at radius 2 is 2.14 bits per heavy atom. The lowest BCUT2D eigenvalue weighted by molar-refractivity contribution is 0.0697. The van der Waals surface area contributed by atoms with Crippen molar-refractivity contribution in [1.29, 1.82) is 0 Å². The van der Waals surface area contributed by atoms with Crippen LogP contribution in [-0.2, 0) is 6.42 Å². The van der Waals surface area contributed by atoms with Gasteiger partial charge in [-0.2, -0.15) is 0 Å². The number of carboxylic acids is 1. The van der Waals surface area contributed by atoms with E-state index in [4.69, 9.17) is 5.11 Å². The maximum atomic E-state index is 11.1. The molecule has 0 saturated carbocycles. The van der Waals surface area contributed by atoms with Crippen LogP contribution in [0.25, 0.3) is 11.0 Å². The number of aryl methyl sites for hydroxylation is 1. The minimum atomic E-state index is -0.912. The third-order valence-corrected chi connectivity index (χ3v) is 3.76. The van der Waals surface area contributed by atoms with Gasteiger partial charge in [-0.15, -0.1) is 0 Å². The molecule has 1 unspecified atom stereocenters. The van der Waals surface area contributed by atoms with Gasteiger partial charge >= 0.3 is 5.97 Å². The second-order valence-electron chi connectivity index (χ2n) is 5.70. The molecule has 1 heterocycles. The molecule has 114 valence electrons. The van der Waals surface area contributed by atoms with Gasteiger partial charge in [0.2, 0.25) is 0 Å². The molecule has 1 aromatic heterocycles. The van der Waals surface area contributed by atoms with E-state index in [9.17, 15) is 4.79 Å². The van der Waals surface area contributed by atoms with Crippen molar-refractivity contribution < 1.29 is 9.90 Å². The van der Waals surface area contributed by atoms with Crippen molar-refractivity contribution in [3.05, 3.63) is 29.6 Å². The van der Waals surface area contributed by atoms with Gasteiger partial charge in [-0.05, 0) is 52.2 Å². The number of carboxylic acid groups (broad SMARTS) is 1. The number of rotatable bonds is 6. The zero-order valence-electron chi connectivity index (χ0n) is 13.1. The van der Waals surface area contributed by atoms with Crippen LogP contribution in [0.3, 0.4) is 0 Å². The van der Waals surface area contributed by atoms with Crippen LogP contribution in [0.1, 0.15) is 42.5 Å². The van der Waals surface area contributed by atoms with E-state index in [0.717, 1.165) is 36.2 Å². The third-order valence-electron chi connectivity index (χ3n) is 3.76. The summed E-state index contributed by atoms with van der Waals surface area (Å²) in [4.78, 5) is 17.9. The normalized spacial score (nSPS) is 13.0. The number of hydrogen-bond donors (Lipinski definition) is 1. The molecular formula is C16H23N3O2. The van der Waals surface area contributed by atoms with Gasteiger partial charge in [-0.25, -0.2) is 9.78 Å². The molecule has 1 aromatic carbocycles. The number of nitrogens with zero attached hydrogens (tertiary/aromatic N) is 3. The van der Waals surface area contributed by atoms with Crippen LogP contribution in [0, 0.1) is 0 Å². The first-order valence-corrected chi connectivity index (χ1v) is 7.33. The van der Waals surface area contributed by atoms with Crippen molar-refractivity contribution in [3.8, 4) is 0 Å². The molecular weight excluding hydrogens is 266 g/mol. The number of aromatic carboxylic acids is 1. The summed E-state index contributed by atoms with van der Waals surface area (Å²) in [7, 11) is 4.14. The van der Waals surface area contributed by atoms with Gasteiger partial charge in [-0.1, -0.05) is 6.92 Å². The van der Waals surface area contributed by atoms with Gasteiger partial charge in [0.1, 0.15) is 5.82 Å². The molecule has 1 atom stereocenters. The minimum Gasteiger partial charge on any atom is -0.478 e. The molecule has 5 heteroatoms. The molecule has 0 spiro atoms. The maximum Gasteiger partial charge on any atom is 0.335 e. The Morgan fingerprint density at radius 3 is 2.71 bits per heavy atom. The Labute approximate surface area is 125 Å². The zero-order chi connectivity index (χ0) is 15.6. The number of hydrogen-bond acceptors (Lipinski definition) is 3. The average molecular weight is 289 g/mol. The first kappa shape index (κ1) is 15.5. The van der Waals surface area contributed by atoms with Crippen LogP contribution >= 0.6 is 0 Å². The average Bonchev–Trinajstić information content (AvgIpc) is 2.82. The second-order valence-corrected chi connectivity index (χ2v) is 5.70. The molecule has 0 bridgehead atoms. The van der Waals surface area contributed by atoms with Crippen molar-refractivity contribution in [2.45, 2.75) is 32.7 Å². The van der Waals surface area contributed by atoms with Crippen molar-refractivity contribution in [1.82, 2.24) is 14.5 Å². The fraction of sp³-hybridized carbons (Fsp3) is 0.500.